The number of aromatic nitrogens is 2. The van der Waals surface area contributed by atoms with Crippen LogP contribution in [0.5, 0.6) is 0 Å². The van der Waals surface area contributed by atoms with Crippen LogP contribution < -0.4 is 10.6 Å². The summed E-state index contributed by atoms with van der Waals surface area (Å²) in [5.74, 6) is 1.39. The molecular formula is C18H22N4O3. The van der Waals surface area contributed by atoms with Crippen molar-refractivity contribution in [1.82, 2.24) is 20.8 Å². The summed E-state index contributed by atoms with van der Waals surface area (Å²) in [5, 5.41) is 10.6. The molecule has 0 fully saturated rings. The van der Waals surface area contributed by atoms with Gasteiger partial charge in [0.05, 0.1) is 22.3 Å². The molecule has 3 rings (SSSR count). The van der Waals surface area contributed by atoms with E-state index in [9.17, 15) is 4.79 Å². The van der Waals surface area contributed by atoms with E-state index < -0.39 is 0 Å². The van der Waals surface area contributed by atoms with Crippen molar-refractivity contribution in [1.29, 1.82) is 0 Å². The third-order valence-electron chi connectivity index (χ3n) is 4.07. The molecule has 0 aromatic carbocycles. The van der Waals surface area contributed by atoms with Crippen molar-refractivity contribution in [3.8, 4) is 11.3 Å². The van der Waals surface area contributed by atoms with Crippen LogP contribution in [0.1, 0.15) is 34.0 Å². The number of pyridine rings is 1. The molecule has 2 N–H and O–H groups in total. The number of aryl methyl sites for hydroxylation is 3. The van der Waals surface area contributed by atoms with Crippen LogP contribution >= 0.6 is 0 Å². The summed E-state index contributed by atoms with van der Waals surface area (Å²) in [6.45, 7) is 6.99. The molecule has 0 spiro atoms. The number of fused-ring (bicyclic) bond motifs is 1. The van der Waals surface area contributed by atoms with Gasteiger partial charge in [-0.1, -0.05) is 5.16 Å². The van der Waals surface area contributed by atoms with E-state index in [2.05, 4.69) is 20.8 Å². The van der Waals surface area contributed by atoms with Gasteiger partial charge in [0.1, 0.15) is 11.5 Å². The van der Waals surface area contributed by atoms with Gasteiger partial charge in [0.15, 0.2) is 0 Å². The summed E-state index contributed by atoms with van der Waals surface area (Å²) >= 11 is 0. The molecule has 0 aliphatic heterocycles. The molecule has 25 heavy (non-hydrogen) atoms. The molecule has 0 radical (unpaired) electrons. The number of rotatable bonds is 6. The monoisotopic (exact) mass is 342 g/mol. The Balaban J connectivity index is 2.02. The van der Waals surface area contributed by atoms with Crippen molar-refractivity contribution in [3.05, 3.63) is 34.9 Å². The molecule has 0 bridgehead atoms. The fourth-order valence-corrected chi connectivity index (χ4v) is 2.86. The molecule has 0 atom stereocenters. The maximum absolute atomic E-state index is 12.7. The summed E-state index contributed by atoms with van der Waals surface area (Å²) in [4.78, 5) is 17.2. The van der Waals surface area contributed by atoms with Crippen LogP contribution in [0.25, 0.3) is 22.4 Å². The van der Waals surface area contributed by atoms with Crippen LogP contribution in [0.2, 0.25) is 0 Å². The minimum atomic E-state index is -0.158. The number of carbonyl (C=O) groups is 1. The molecule has 0 aliphatic rings. The maximum Gasteiger partial charge on any atom is 0.259 e. The zero-order valence-electron chi connectivity index (χ0n) is 14.9. The fourth-order valence-electron chi connectivity index (χ4n) is 2.86. The highest BCUT2D eigenvalue weighted by Gasteiger charge is 2.20. The van der Waals surface area contributed by atoms with Crippen molar-refractivity contribution in [2.45, 2.75) is 27.2 Å². The van der Waals surface area contributed by atoms with Gasteiger partial charge in [0.2, 0.25) is 0 Å². The first-order valence-corrected chi connectivity index (χ1v) is 8.28. The van der Waals surface area contributed by atoms with E-state index in [1.54, 1.807) is 13.0 Å². The maximum atomic E-state index is 12.7. The summed E-state index contributed by atoms with van der Waals surface area (Å²) < 4.78 is 10.9. The lowest BCUT2D eigenvalue weighted by Gasteiger charge is -2.08. The Morgan fingerprint density at radius 2 is 2.00 bits per heavy atom. The van der Waals surface area contributed by atoms with Crippen LogP contribution in [0.4, 0.5) is 0 Å². The smallest absolute Gasteiger partial charge is 0.259 e. The molecular weight excluding hydrogens is 320 g/mol. The standard InChI is InChI=1S/C18H22N4O3/c1-10-8-13(12(3)24-10)15-9-14(17(23)20-7-5-6-19-4)16-11(2)22-25-18(16)21-15/h8-9,19H,5-7H2,1-4H3,(H,20,23). The summed E-state index contributed by atoms with van der Waals surface area (Å²) in [6, 6.07) is 3.68. The fraction of sp³-hybridized carbons (Fsp3) is 0.389. The summed E-state index contributed by atoms with van der Waals surface area (Å²) in [5.41, 5.74) is 3.00. The Hall–Kier alpha value is -2.67. The number of nitrogens with one attached hydrogen (secondary N) is 2. The van der Waals surface area contributed by atoms with E-state index in [0.717, 1.165) is 30.0 Å². The third-order valence-corrected chi connectivity index (χ3v) is 4.07. The lowest BCUT2D eigenvalue weighted by atomic mass is 10.1. The molecule has 7 nitrogen and oxygen atoms in total. The molecule has 0 saturated carbocycles. The number of carbonyl (C=O) groups excluding carboxylic acids is 1. The van der Waals surface area contributed by atoms with Crippen molar-refractivity contribution in [3.63, 3.8) is 0 Å². The molecule has 0 aliphatic carbocycles. The largest absolute Gasteiger partial charge is 0.466 e. The minimum absolute atomic E-state index is 0.158. The molecule has 3 aromatic rings. The molecule has 3 aromatic heterocycles. The van der Waals surface area contributed by atoms with Gasteiger partial charge in [0.25, 0.3) is 11.6 Å². The van der Waals surface area contributed by atoms with Gasteiger partial charge in [-0.2, -0.15) is 0 Å². The zero-order valence-corrected chi connectivity index (χ0v) is 14.9. The van der Waals surface area contributed by atoms with Gasteiger partial charge >= 0.3 is 0 Å². The number of hydrogen-bond acceptors (Lipinski definition) is 6. The number of amides is 1. The first kappa shape index (κ1) is 17.2. The van der Waals surface area contributed by atoms with Gasteiger partial charge in [-0.15, -0.1) is 0 Å². The Labute approximate surface area is 145 Å². The van der Waals surface area contributed by atoms with Gasteiger partial charge in [-0.05, 0) is 52.9 Å². The second-order valence-corrected chi connectivity index (χ2v) is 6.04. The second-order valence-electron chi connectivity index (χ2n) is 6.04. The lowest BCUT2D eigenvalue weighted by Crippen LogP contribution is -2.27. The Morgan fingerprint density at radius 1 is 1.20 bits per heavy atom. The average Bonchev–Trinajstić information content (AvgIpc) is 3.12. The first-order chi connectivity index (χ1) is 12.0. The van der Waals surface area contributed by atoms with E-state index in [4.69, 9.17) is 8.94 Å². The Morgan fingerprint density at radius 3 is 2.68 bits per heavy atom. The van der Waals surface area contributed by atoms with Crippen molar-refractivity contribution >= 4 is 17.0 Å². The Bertz CT molecular complexity index is 911. The van der Waals surface area contributed by atoms with E-state index in [1.807, 2.05) is 27.0 Å². The van der Waals surface area contributed by atoms with Crippen LogP contribution in [-0.4, -0.2) is 36.2 Å². The highest BCUT2D eigenvalue weighted by Crippen LogP contribution is 2.30. The number of hydrogen-bond donors (Lipinski definition) is 2. The SMILES string of the molecule is CNCCCNC(=O)c1cc(-c2cc(C)oc2C)nc2onc(C)c12. The van der Waals surface area contributed by atoms with Crippen LogP contribution in [0.15, 0.2) is 21.1 Å². The summed E-state index contributed by atoms with van der Waals surface area (Å²) in [6.07, 6.45) is 0.853. The van der Waals surface area contributed by atoms with Gasteiger partial charge in [-0.3, -0.25) is 4.79 Å². The summed E-state index contributed by atoms with van der Waals surface area (Å²) in [7, 11) is 1.89. The molecule has 0 saturated heterocycles. The molecule has 1 amide bonds. The van der Waals surface area contributed by atoms with E-state index >= 15 is 0 Å². The zero-order chi connectivity index (χ0) is 18.0. The molecule has 3 heterocycles. The average molecular weight is 342 g/mol. The predicted octanol–water partition coefficient (Wildman–Crippen LogP) is 2.75. The number of furan rings is 1. The minimum Gasteiger partial charge on any atom is -0.466 e. The normalized spacial score (nSPS) is 11.2. The van der Waals surface area contributed by atoms with E-state index in [1.165, 1.54) is 0 Å². The van der Waals surface area contributed by atoms with Crippen molar-refractivity contribution in [2.75, 3.05) is 20.1 Å². The van der Waals surface area contributed by atoms with Crippen LogP contribution in [0.3, 0.4) is 0 Å². The van der Waals surface area contributed by atoms with Crippen molar-refractivity contribution < 1.29 is 13.7 Å². The van der Waals surface area contributed by atoms with E-state index in [0.29, 0.717) is 34.6 Å². The molecule has 132 valence electrons. The first-order valence-electron chi connectivity index (χ1n) is 8.28. The highest BCUT2D eigenvalue weighted by molar-refractivity contribution is 6.07. The van der Waals surface area contributed by atoms with Crippen molar-refractivity contribution in [2.24, 2.45) is 0 Å². The second kappa shape index (κ2) is 7.06. The number of nitrogens with zero attached hydrogens (tertiary/aromatic N) is 2. The van der Waals surface area contributed by atoms with Gasteiger partial charge in [-0.25, -0.2) is 4.98 Å². The van der Waals surface area contributed by atoms with Crippen LogP contribution in [0, 0.1) is 20.8 Å². The lowest BCUT2D eigenvalue weighted by molar-refractivity contribution is 0.0955. The van der Waals surface area contributed by atoms with Crippen LogP contribution in [-0.2, 0) is 0 Å². The molecule has 7 heteroatoms. The third kappa shape index (κ3) is 3.41. The van der Waals surface area contributed by atoms with E-state index in [-0.39, 0.29) is 5.91 Å². The van der Waals surface area contributed by atoms with Gasteiger partial charge < -0.3 is 19.6 Å². The Kier molecular flexibility index (Phi) is 4.85. The molecule has 0 unspecified atom stereocenters. The van der Waals surface area contributed by atoms with Gasteiger partial charge in [0, 0.05) is 12.1 Å². The predicted molar refractivity (Wildman–Crippen MR) is 94.6 cm³/mol. The quantitative estimate of drug-likeness (QED) is 0.669. The topological polar surface area (TPSA) is 93.2 Å². The highest BCUT2D eigenvalue weighted by atomic mass is 16.5.